The minimum atomic E-state index is -0.188. The van der Waals surface area contributed by atoms with Crippen LogP contribution in [0.3, 0.4) is 0 Å². The molecular formula is C16H18N2O. The van der Waals surface area contributed by atoms with Crippen LogP contribution < -0.4 is 10.6 Å². The molecule has 0 bridgehead atoms. The van der Waals surface area contributed by atoms with Crippen molar-refractivity contribution in [2.45, 2.75) is 20.4 Å². The fraction of sp³-hybridized carbons (Fsp3) is 0.188. The third-order valence-electron chi connectivity index (χ3n) is 3.01. The highest BCUT2D eigenvalue weighted by Crippen LogP contribution is 2.09. The first-order valence-electron chi connectivity index (χ1n) is 6.31. The molecule has 0 aliphatic heterocycles. The Morgan fingerprint density at radius 3 is 2.37 bits per heavy atom. The second-order valence-electron chi connectivity index (χ2n) is 4.60. The van der Waals surface area contributed by atoms with Gasteiger partial charge in [0.25, 0.3) is 0 Å². The van der Waals surface area contributed by atoms with Gasteiger partial charge in [0.2, 0.25) is 0 Å². The molecule has 0 unspecified atom stereocenters. The summed E-state index contributed by atoms with van der Waals surface area (Å²) in [5.74, 6) is 0. The zero-order valence-corrected chi connectivity index (χ0v) is 11.2. The van der Waals surface area contributed by atoms with Crippen molar-refractivity contribution in [1.29, 1.82) is 0 Å². The minimum absolute atomic E-state index is 0.188. The Labute approximate surface area is 113 Å². The number of hydrogen-bond donors (Lipinski definition) is 2. The molecule has 0 saturated heterocycles. The van der Waals surface area contributed by atoms with Gasteiger partial charge in [-0.15, -0.1) is 0 Å². The van der Waals surface area contributed by atoms with E-state index < -0.39 is 0 Å². The van der Waals surface area contributed by atoms with E-state index in [0.717, 1.165) is 11.3 Å². The SMILES string of the molecule is Cc1ccc(NC(=O)NCc2ccccc2C)cc1. The molecule has 0 radical (unpaired) electrons. The number of nitrogens with one attached hydrogen (secondary N) is 2. The molecule has 2 amide bonds. The van der Waals surface area contributed by atoms with Crippen molar-refractivity contribution in [1.82, 2.24) is 5.32 Å². The molecule has 0 aromatic heterocycles. The van der Waals surface area contributed by atoms with Crippen molar-refractivity contribution in [3.63, 3.8) is 0 Å². The van der Waals surface area contributed by atoms with Gasteiger partial charge in [-0.1, -0.05) is 42.0 Å². The monoisotopic (exact) mass is 254 g/mol. The van der Waals surface area contributed by atoms with Crippen LogP contribution in [0.5, 0.6) is 0 Å². The van der Waals surface area contributed by atoms with E-state index in [1.165, 1.54) is 11.1 Å². The van der Waals surface area contributed by atoms with Crippen LogP contribution in [0.25, 0.3) is 0 Å². The molecule has 0 saturated carbocycles. The molecule has 0 fully saturated rings. The topological polar surface area (TPSA) is 41.1 Å². The molecule has 0 aliphatic carbocycles. The highest BCUT2D eigenvalue weighted by molar-refractivity contribution is 5.89. The molecule has 2 aromatic rings. The van der Waals surface area contributed by atoms with E-state index >= 15 is 0 Å². The summed E-state index contributed by atoms with van der Waals surface area (Å²) in [7, 11) is 0. The maximum Gasteiger partial charge on any atom is 0.319 e. The molecule has 0 spiro atoms. The molecule has 98 valence electrons. The lowest BCUT2D eigenvalue weighted by Crippen LogP contribution is -2.28. The Balaban J connectivity index is 1.88. The van der Waals surface area contributed by atoms with Gasteiger partial charge in [-0.25, -0.2) is 4.79 Å². The van der Waals surface area contributed by atoms with Crippen LogP contribution in [0.1, 0.15) is 16.7 Å². The number of benzene rings is 2. The van der Waals surface area contributed by atoms with Crippen LogP contribution in [-0.2, 0) is 6.54 Å². The van der Waals surface area contributed by atoms with Gasteiger partial charge in [0.1, 0.15) is 0 Å². The zero-order chi connectivity index (χ0) is 13.7. The lowest BCUT2D eigenvalue weighted by atomic mass is 10.1. The summed E-state index contributed by atoms with van der Waals surface area (Å²) in [5, 5.41) is 5.66. The van der Waals surface area contributed by atoms with E-state index in [1.54, 1.807) is 0 Å². The largest absolute Gasteiger partial charge is 0.334 e. The van der Waals surface area contributed by atoms with Gasteiger partial charge >= 0.3 is 6.03 Å². The number of rotatable bonds is 3. The van der Waals surface area contributed by atoms with E-state index in [4.69, 9.17) is 0 Å². The summed E-state index contributed by atoms with van der Waals surface area (Å²) >= 11 is 0. The Hall–Kier alpha value is -2.29. The van der Waals surface area contributed by atoms with Crippen molar-refractivity contribution in [2.24, 2.45) is 0 Å². The van der Waals surface area contributed by atoms with Gasteiger partial charge in [-0.3, -0.25) is 0 Å². The quantitative estimate of drug-likeness (QED) is 0.863. The summed E-state index contributed by atoms with van der Waals surface area (Å²) in [5.41, 5.74) is 4.28. The Kier molecular flexibility index (Phi) is 4.18. The molecule has 2 N–H and O–H groups in total. The lowest BCUT2D eigenvalue weighted by molar-refractivity contribution is 0.251. The van der Waals surface area contributed by atoms with Crippen LogP contribution in [0.2, 0.25) is 0 Å². The first-order valence-corrected chi connectivity index (χ1v) is 6.31. The maximum absolute atomic E-state index is 11.8. The van der Waals surface area contributed by atoms with Gasteiger partial charge < -0.3 is 10.6 Å². The van der Waals surface area contributed by atoms with Crippen LogP contribution in [0.15, 0.2) is 48.5 Å². The molecule has 3 heteroatoms. The Morgan fingerprint density at radius 1 is 1.00 bits per heavy atom. The fourth-order valence-corrected chi connectivity index (χ4v) is 1.80. The number of amides is 2. The predicted molar refractivity (Wildman–Crippen MR) is 78.2 cm³/mol. The Morgan fingerprint density at radius 2 is 1.68 bits per heavy atom. The predicted octanol–water partition coefficient (Wildman–Crippen LogP) is 3.63. The summed E-state index contributed by atoms with van der Waals surface area (Å²) in [6, 6.07) is 15.6. The first-order chi connectivity index (χ1) is 9.15. The molecule has 0 aliphatic rings. The van der Waals surface area contributed by atoms with Gasteiger partial charge in [-0.2, -0.15) is 0 Å². The second-order valence-corrected chi connectivity index (χ2v) is 4.60. The van der Waals surface area contributed by atoms with Gasteiger partial charge in [0, 0.05) is 12.2 Å². The van der Waals surface area contributed by atoms with E-state index in [9.17, 15) is 4.79 Å². The smallest absolute Gasteiger partial charge is 0.319 e. The third kappa shape index (κ3) is 3.85. The summed E-state index contributed by atoms with van der Waals surface area (Å²) in [6.07, 6.45) is 0. The third-order valence-corrected chi connectivity index (χ3v) is 3.01. The van der Waals surface area contributed by atoms with Gasteiger partial charge in [0.15, 0.2) is 0 Å². The maximum atomic E-state index is 11.8. The second kappa shape index (κ2) is 6.05. The zero-order valence-electron chi connectivity index (χ0n) is 11.2. The van der Waals surface area contributed by atoms with Crippen molar-refractivity contribution in [2.75, 3.05) is 5.32 Å². The van der Waals surface area contributed by atoms with Crippen molar-refractivity contribution in [3.05, 3.63) is 65.2 Å². The lowest BCUT2D eigenvalue weighted by Gasteiger charge is -2.09. The van der Waals surface area contributed by atoms with Crippen LogP contribution in [0.4, 0.5) is 10.5 Å². The number of urea groups is 1. The summed E-state index contributed by atoms with van der Waals surface area (Å²) < 4.78 is 0. The van der Waals surface area contributed by atoms with Crippen molar-refractivity contribution < 1.29 is 4.79 Å². The van der Waals surface area contributed by atoms with Gasteiger partial charge in [-0.05, 0) is 37.1 Å². The van der Waals surface area contributed by atoms with Crippen LogP contribution in [-0.4, -0.2) is 6.03 Å². The highest BCUT2D eigenvalue weighted by atomic mass is 16.2. The first kappa shape index (κ1) is 13.1. The molecular weight excluding hydrogens is 236 g/mol. The molecule has 0 atom stereocenters. The van der Waals surface area contributed by atoms with Gasteiger partial charge in [0.05, 0.1) is 0 Å². The number of anilines is 1. The van der Waals surface area contributed by atoms with E-state index in [-0.39, 0.29) is 6.03 Å². The molecule has 2 rings (SSSR count). The number of hydrogen-bond acceptors (Lipinski definition) is 1. The molecule has 2 aromatic carbocycles. The molecule has 0 heterocycles. The van der Waals surface area contributed by atoms with Crippen molar-refractivity contribution >= 4 is 11.7 Å². The van der Waals surface area contributed by atoms with E-state index in [1.807, 2.05) is 62.4 Å². The number of carbonyl (C=O) groups excluding carboxylic acids is 1. The average Bonchev–Trinajstić information content (AvgIpc) is 2.40. The van der Waals surface area contributed by atoms with Crippen molar-refractivity contribution in [3.8, 4) is 0 Å². The van der Waals surface area contributed by atoms with Crippen LogP contribution >= 0.6 is 0 Å². The minimum Gasteiger partial charge on any atom is -0.334 e. The molecule has 19 heavy (non-hydrogen) atoms. The fourth-order valence-electron chi connectivity index (χ4n) is 1.80. The molecule has 3 nitrogen and oxygen atoms in total. The Bertz CT molecular complexity index is 561. The number of carbonyl (C=O) groups is 1. The standard InChI is InChI=1S/C16H18N2O/c1-12-7-9-15(10-8-12)18-16(19)17-11-14-6-4-3-5-13(14)2/h3-10H,11H2,1-2H3,(H2,17,18,19). The summed E-state index contributed by atoms with van der Waals surface area (Å²) in [6.45, 7) is 4.58. The highest BCUT2D eigenvalue weighted by Gasteiger charge is 2.02. The summed E-state index contributed by atoms with van der Waals surface area (Å²) in [4.78, 5) is 11.8. The number of aryl methyl sites for hydroxylation is 2. The normalized spacial score (nSPS) is 10.0. The average molecular weight is 254 g/mol. The van der Waals surface area contributed by atoms with E-state index in [2.05, 4.69) is 10.6 Å². The van der Waals surface area contributed by atoms with Crippen LogP contribution in [0, 0.1) is 13.8 Å². The van der Waals surface area contributed by atoms with E-state index in [0.29, 0.717) is 6.54 Å².